The normalized spacial score (nSPS) is 0. The summed E-state index contributed by atoms with van der Waals surface area (Å²) < 4.78 is 0. The number of hydrogen-bond acceptors (Lipinski definition) is 0. The largest absolute Gasteiger partial charge is 0.187 e. The molecule has 0 spiro atoms. The molecule has 0 unspecified atom stereocenters. The van der Waals surface area contributed by atoms with Crippen LogP contribution in [0.3, 0.4) is 0 Å². The predicted octanol–water partition coefficient (Wildman–Crippen LogP) is -1.19. The van der Waals surface area contributed by atoms with Crippen LogP contribution < -0.4 is 0 Å². The van der Waals surface area contributed by atoms with Crippen LogP contribution in [0.25, 0.3) is 0 Å². The van der Waals surface area contributed by atoms with E-state index in [-0.39, 0.29) is 72.9 Å². The monoisotopic (exact) mass is 329 g/mol. The van der Waals surface area contributed by atoms with Crippen molar-refractivity contribution < 1.29 is 55.5 Å². The van der Waals surface area contributed by atoms with Crippen molar-refractivity contribution in [3.05, 3.63) is 0 Å². The molecular weight excluding hydrogens is 326 g/mol. The summed E-state index contributed by atoms with van der Waals surface area (Å²) in [7, 11) is 0. The summed E-state index contributed by atoms with van der Waals surface area (Å²) in [6.07, 6.45) is 0. The Hall–Kier alpha value is 2.27. The van der Waals surface area contributed by atoms with Crippen molar-refractivity contribution in [2.75, 3.05) is 0 Å². The molecule has 0 atom stereocenters. The first-order chi connectivity index (χ1) is 0. The zero-order valence-electron chi connectivity index (χ0n) is 1.12. The maximum Gasteiger partial charge on any atom is 0.187 e. The first-order valence-corrected chi connectivity index (χ1v) is 0. The fourth-order valence-corrected chi connectivity index (χ4v) is 0. The van der Waals surface area contributed by atoms with Crippen molar-refractivity contribution in [1.29, 1.82) is 0 Å². The SMILES string of the molecule is [AlH3].[Cr].[Cu].[W]. The van der Waals surface area contributed by atoms with E-state index in [2.05, 4.69) is 0 Å². The molecule has 1 radical (unpaired) electrons. The van der Waals surface area contributed by atoms with Crippen LogP contribution in [0.15, 0.2) is 0 Å². The molecule has 0 fully saturated rings. The summed E-state index contributed by atoms with van der Waals surface area (Å²) in [6.45, 7) is 0. The Labute approximate surface area is 72.1 Å². The molecule has 4 heteroatoms. The molecule has 0 aromatic carbocycles. The Morgan fingerprint density at radius 3 is 1.00 bits per heavy atom. The van der Waals surface area contributed by atoms with Crippen LogP contribution in [-0.2, 0) is 55.5 Å². The van der Waals surface area contributed by atoms with Gasteiger partial charge in [0, 0.05) is 55.5 Å². The topological polar surface area (TPSA) is 0 Å². The van der Waals surface area contributed by atoms with Gasteiger partial charge in [0.05, 0.1) is 0 Å². The van der Waals surface area contributed by atoms with Gasteiger partial charge in [0.25, 0.3) is 0 Å². The van der Waals surface area contributed by atoms with Crippen molar-refractivity contribution in [3.8, 4) is 0 Å². The van der Waals surface area contributed by atoms with Crippen molar-refractivity contribution >= 4 is 17.4 Å². The fraction of sp³-hybridized carbons (Fsp3) is 0. The van der Waals surface area contributed by atoms with E-state index in [4.69, 9.17) is 0 Å². The second-order valence-corrected chi connectivity index (χ2v) is 0. The van der Waals surface area contributed by atoms with E-state index in [0.717, 1.165) is 0 Å². The zero-order valence-corrected chi connectivity index (χ0v) is 6.27. The second kappa shape index (κ2) is 18.6. The van der Waals surface area contributed by atoms with Gasteiger partial charge in [0.15, 0.2) is 17.4 Å². The minimum Gasteiger partial charge on any atom is 0 e. The minimum absolute atomic E-state index is 0. The molecule has 29 valence electrons. The van der Waals surface area contributed by atoms with E-state index in [1.165, 1.54) is 0 Å². The number of hydrogen-bond donors (Lipinski definition) is 0. The molecule has 0 amide bonds. The molecule has 0 nitrogen and oxygen atoms in total. The molecule has 0 aromatic rings. The summed E-state index contributed by atoms with van der Waals surface area (Å²) in [6, 6.07) is 0. The van der Waals surface area contributed by atoms with Gasteiger partial charge in [-0.2, -0.15) is 0 Å². The molecule has 0 saturated heterocycles. The maximum atomic E-state index is 0. The first kappa shape index (κ1) is 33.8. The zero-order chi connectivity index (χ0) is 0. The maximum absolute atomic E-state index is 0. The van der Waals surface area contributed by atoms with E-state index in [1.54, 1.807) is 0 Å². The molecular formula is H3AlCrCuW. The van der Waals surface area contributed by atoms with E-state index in [9.17, 15) is 0 Å². The van der Waals surface area contributed by atoms with Crippen LogP contribution in [0.5, 0.6) is 0 Å². The molecule has 0 aromatic heterocycles. The molecule has 0 aliphatic carbocycles. The Morgan fingerprint density at radius 2 is 1.00 bits per heavy atom. The quantitative estimate of drug-likeness (QED) is 0.490. The molecule has 0 heterocycles. The van der Waals surface area contributed by atoms with Gasteiger partial charge in [-0.15, -0.1) is 0 Å². The van der Waals surface area contributed by atoms with E-state index >= 15 is 0 Å². The third kappa shape index (κ3) is 8.86. The van der Waals surface area contributed by atoms with Crippen LogP contribution in [0, 0.1) is 0 Å². The average molecular weight is 329 g/mol. The van der Waals surface area contributed by atoms with Crippen LogP contribution in [0.4, 0.5) is 0 Å². The Morgan fingerprint density at radius 1 is 1.00 bits per heavy atom. The average Bonchev–Trinajstić information content (AvgIpc) is 0. The minimum atomic E-state index is 0. The van der Waals surface area contributed by atoms with E-state index in [0.29, 0.717) is 0 Å². The van der Waals surface area contributed by atoms with Crippen LogP contribution in [-0.4, -0.2) is 17.4 Å². The summed E-state index contributed by atoms with van der Waals surface area (Å²) in [5.41, 5.74) is 0. The van der Waals surface area contributed by atoms with Gasteiger partial charge < -0.3 is 0 Å². The molecule has 0 aliphatic rings. The van der Waals surface area contributed by atoms with Gasteiger partial charge in [-0.1, -0.05) is 0 Å². The van der Waals surface area contributed by atoms with Crippen molar-refractivity contribution in [3.63, 3.8) is 0 Å². The fourth-order valence-electron chi connectivity index (χ4n) is 0. The number of rotatable bonds is 0. The molecule has 0 aliphatic heterocycles. The van der Waals surface area contributed by atoms with Crippen molar-refractivity contribution in [2.45, 2.75) is 0 Å². The van der Waals surface area contributed by atoms with Gasteiger partial charge in [0.2, 0.25) is 0 Å². The molecule has 0 bridgehead atoms. The summed E-state index contributed by atoms with van der Waals surface area (Å²) >= 11 is 0. The Kier molecular flexibility index (Phi) is 157. The van der Waals surface area contributed by atoms with Gasteiger partial charge in [-0.3, -0.25) is 0 Å². The van der Waals surface area contributed by atoms with Crippen LogP contribution >= 0.6 is 0 Å². The van der Waals surface area contributed by atoms with E-state index < -0.39 is 0 Å². The van der Waals surface area contributed by atoms with Gasteiger partial charge >= 0.3 is 0 Å². The van der Waals surface area contributed by atoms with E-state index in [1.807, 2.05) is 0 Å². The molecule has 0 N–H and O–H groups in total. The second-order valence-electron chi connectivity index (χ2n) is 0. The summed E-state index contributed by atoms with van der Waals surface area (Å²) in [5.74, 6) is 0. The van der Waals surface area contributed by atoms with Crippen LogP contribution in [0.2, 0.25) is 0 Å². The van der Waals surface area contributed by atoms with Gasteiger partial charge in [0.1, 0.15) is 0 Å². The predicted molar refractivity (Wildman–Crippen MR) is 9.94 cm³/mol. The summed E-state index contributed by atoms with van der Waals surface area (Å²) in [4.78, 5) is 0. The van der Waals surface area contributed by atoms with Crippen LogP contribution in [0.1, 0.15) is 0 Å². The molecule has 0 rings (SSSR count). The Bertz CT molecular complexity index is 8.00. The van der Waals surface area contributed by atoms with Gasteiger partial charge in [-0.05, 0) is 0 Å². The molecule has 0 saturated carbocycles. The third-order valence-electron chi connectivity index (χ3n) is 0. The third-order valence-corrected chi connectivity index (χ3v) is 0. The Balaban J connectivity index is 0. The van der Waals surface area contributed by atoms with Crippen molar-refractivity contribution in [1.82, 2.24) is 0 Å². The van der Waals surface area contributed by atoms with Gasteiger partial charge in [-0.25, -0.2) is 0 Å². The smallest absolute Gasteiger partial charge is 0 e. The standard InChI is InChI=1S/Al.Cr.Cu.W.3H. The van der Waals surface area contributed by atoms with Crippen molar-refractivity contribution in [2.24, 2.45) is 0 Å². The summed E-state index contributed by atoms with van der Waals surface area (Å²) in [5, 5.41) is 0. The molecule has 4 heavy (non-hydrogen) atoms. The first-order valence-electron chi connectivity index (χ1n) is 0.